The zero-order valence-electron chi connectivity index (χ0n) is 18.4. The van der Waals surface area contributed by atoms with E-state index in [-0.39, 0.29) is 6.42 Å². The van der Waals surface area contributed by atoms with Crippen LogP contribution in [0.4, 0.5) is 70.2 Å². The topological polar surface area (TPSA) is 54.4 Å². The van der Waals surface area contributed by atoms with E-state index in [2.05, 4.69) is 0 Å². The lowest BCUT2D eigenvalue weighted by molar-refractivity contribution is -0.447. The summed E-state index contributed by atoms with van der Waals surface area (Å²) in [6.45, 7) is 2.20. The maximum atomic E-state index is 13.9. The molecule has 3 nitrogen and oxygen atoms in total. The third kappa shape index (κ3) is 5.73. The molecule has 0 fully saturated rings. The first-order valence-electron chi connectivity index (χ1n) is 9.80. The quantitative estimate of drug-likeness (QED) is 0.207. The molecule has 37 heavy (non-hydrogen) atoms. The van der Waals surface area contributed by atoms with Gasteiger partial charge in [-0.25, -0.2) is 8.78 Å². The van der Waals surface area contributed by atoms with E-state index in [1.54, 1.807) is 0 Å². The number of ketones is 1. The summed E-state index contributed by atoms with van der Waals surface area (Å²) in [5.74, 6) is -60.9. The Morgan fingerprint density at radius 1 is 0.703 bits per heavy atom. The lowest BCUT2D eigenvalue weighted by atomic mass is 9.85. The van der Waals surface area contributed by atoms with Crippen LogP contribution in [-0.4, -0.2) is 64.7 Å². The highest BCUT2D eigenvalue weighted by Crippen LogP contribution is 2.63. The summed E-state index contributed by atoms with van der Waals surface area (Å²) < 4.78 is 213. The SMILES string of the molecule is CCC(CC(C)C(=O)O)C(=O)CCC(F)(F)C(F)(F)C(F)(F)C(F)(F)C(F)(F)C(F)(F)C(F)(F)C(F)F. The van der Waals surface area contributed by atoms with E-state index in [1.807, 2.05) is 0 Å². The van der Waals surface area contributed by atoms with Crippen LogP contribution in [0.15, 0.2) is 0 Å². The normalized spacial score (nSPS) is 16.6. The number of carboxylic acids is 1. The van der Waals surface area contributed by atoms with Crippen molar-refractivity contribution in [2.24, 2.45) is 11.8 Å². The molecule has 0 heterocycles. The summed E-state index contributed by atoms with van der Waals surface area (Å²) in [5, 5.41) is 8.76. The number of aliphatic carboxylic acids is 1. The minimum Gasteiger partial charge on any atom is -0.481 e. The molecule has 0 aliphatic rings. The fraction of sp³-hybridized carbons (Fsp3) is 0.889. The Labute approximate surface area is 197 Å². The third-order valence-corrected chi connectivity index (χ3v) is 5.42. The van der Waals surface area contributed by atoms with Gasteiger partial charge in [-0.15, -0.1) is 0 Å². The molecule has 2 atom stereocenters. The van der Waals surface area contributed by atoms with Gasteiger partial charge in [-0.2, -0.15) is 61.5 Å². The van der Waals surface area contributed by atoms with Crippen LogP contribution < -0.4 is 0 Å². The Balaban J connectivity index is 6.21. The number of carbonyl (C=O) groups is 2. The van der Waals surface area contributed by atoms with Crippen molar-refractivity contribution in [3.8, 4) is 0 Å². The zero-order valence-corrected chi connectivity index (χ0v) is 18.4. The fourth-order valence-electron chi connectivity index (χ4n) is 2.86. The molecule has 2 unspecified atom stereocenters. The van der Waals surface area contributed by atoms with Gasteiger partial charge in [0, 0.05) is 18.8 Å². The molecule has 0 aliphatic heterocycles. The molecule has 220 valence electrons. The number of halogens is 16. The smallest absolute Gasteiger partial charge is 0.384 e. The minimum atomic E-state index is -8.48. The molecule has 0 aliphatic carbocycles. The number of hydrogen-bond donors (Lipinski definition) is 1. The van der Waals surface area contributed by atoms with Crippen LogP contribution in [0.2, 0.25) is 0 Å². The highest BCUT2D eigenvalue weighted by Gasteiger charge is 2.93. The van der Waals surface area contributed by atoms with Gasteiger partial charge in [0.05, 0.1) is 5.92 Å². The summed E-state index contributed by atoms with van der Waals surface area (Å²) in [6.07, 6.45) is -11.5. The van der Waals surface area contributed by atoms with Crippen LogP contribution in [0.5, 0.6) is 0 Å². The van der Waals surface area contributed by atoms with E-state index in [4.69, 9.17) is 5.11 Å². The van der Waals surface area contributed by atoms with Gasteiger partial charge in [0.1, 0.15) is 5.78 Å². The second-order valence-electron chi connectivity index (χ2n) is 8.05. The molecular weight excluding hydrogens is 568 g/mol. The monoisotopic (exact) mass is 586 g/mol. The summed E-state index contributed by atoms with van der Waals surface area (Å²) in [6, 6.07) is 0. The predicted molar refractivity (Wildman–Crippen MR) is 90.1 cm³/mol. The highest BCUT2D eigenvalue weighted by atomic mass is 19.4. The second-order valence-corrected chi connectivity index (χ2v) is 8.05. The van der Waals surface area contributed by atoms with Gasteiger partial charge in [-0.3, -0.25) is 9.59 Å². The molecule has 19 heteroatoms. The molecule has 0 radical (unpaired) electrons. The van der Waals surface area contributed by atoms with Gasteiger partial charge < -0.3 is 5.11 Å². The zero-order chi connectivity index (χ0) is 30.2. The van der Waals surface area contributed by atoms with Crippen molar-refractivity contribution in [2.45, 2.75) is 87.4 Å². The Morgan fingerprint density at radius 3 is 1.43 bits per heavy atom. The molecule has 0 amide bonds. The first kappa shape index (κ1) is 35.0. The summed E-state index contributed by atoms with van der Waals surface area (Å²) in [5.41, 5.74) is 0. The van der Waals surface area contributed by atoms with Crippen LogP contribution in [0.1, 0.15) is 39.5 Å². The average Bonchev–Trinajstić information content (AvgIpc) is 2.74. The van der Waals surface area contributed by atoms with E-state index in [0.717, 1.165) is 6.92 Å². The molecule has 0 bridgehead atoms. The lowest BCUT2D eigenvalue weighted by Gasteiger charge is -2.42. The van der Waals surface area contributed by atoms with E-state index < -0.39 is 90.7 Å². The Hall–Kier alpha value is -1.98. The molecular formula is C18H18F16O3. The van der Waals surface area contributed by atoms with Crippen molar-refractivity contribution < 1.29 is 84.9 Å². The first-order chi connectivity index (χ1) is 16.1. The Morgan fingerprint density at radius 2 is 1.08 bits per heavy atom. The van der Waals surface area contributed by atoms with E-state index >= 15 is 0 Å². The van der Waals surface area contributed by atoms with Crippen molar-refractivity contribution in [3.63, 3.8) is 0 Å². The van der Waals surface area contributed by atoms with Gasteiger partial charge in [-0.1, -0.05) is 13.8 Å². The van der Waals surface area contributed by atoms with E-state index in [9.17, 15) is 79.8 Å². The standard InChI is InChI=1S/C18H18F16O3/c1-3-8(6-7(2)10(36)37)9(35)4-5-12(21,22)14(25,26)16(29,30)18(33,34)17(31,32)15(27,28)13(23,24)11(19)20/h7-8,11H,3-6H2,1-2H3,(H,36,37). The molecule has 0 spiro atoms. The maximum absolute atomic E-state index is 13.9. The maximum Gasteiger partial charge on any atom is 0.384 e. The minimum absolute atomic E-state index is 0.313. The van der Waals surface area contributed by atoms with E-state index in [1.165, 1.54) is 6.92 Å². The number of rotatable bonds is 15. The van der Waals surface area contributed by atoms with Crippen LogP contribution in [0, 0.1) is 11.8 Å². The number of hydrogen-bond acceptors (Lipinski definition) is 2. The number of Topliss-reactive ketones (excluding diaryl/α,β-unsaturated/α-hetero) is 1. The van der Waals surface area contributed by atoms with Gasteiger partial charge in [0.2, 0.25) is 0 Å². The molecule has 0 saturated heterocycles. The van der Waals surface area contributed by atoms with Crippen molar-refractivity contribution in [3.05, 3.63) is 0 Å². The largest absolute Gasteiger partial charge is 0.481 e. The van der Waals surface area contributed by atoms with Gasteiger partial charge in [0.15, 0.2) is 0 Å². The van der Waals surface area contributed by atoms with Crippen LogP contribution in [-0.2, 0) is 9.59 Å². The fourth-order valence-corrected chi connectivity index (χ4v) is 2.86. The summed E-state index contributed by atoms with van der Waals surface area (Å²) in [4.78, 5) is 22.7. The molecule has 0 rings (SSSR count). The Kier molecular flexibility index (Phi) is 10.1. The Bertz CT molecular complexity index is 824. The number of alkyl halides is 16. The van der Waals surface area contributed by atoms with Crippen LogP contribution in [0.3, 0.4) is 0 Å². The van der Waals surface area contributed by atoms with E-state index in [0.29, 0.717) is 0 Å². The summed E-state index contributed by atoms with van der Waals surface area (Å²) in [7, 11) is 0. The predicted octanol–water partition coefficient (Wildman–Crippen LogP) is 7.18. The second kappa shape index (κ2) is 10.6. The molecule has 1 N–H and O–H groups in total. The number of carboxylic acid groups (broad SMARTS) is 1. The van der Waals surface area contributed by atoms with Crippen molar-refractivity contribution >= 4 is 11.8 Å². The molecule has 0 aromatic carbocycles. The molecule has 0 saturated carbocycles. The third-order valence-electron chi connectivity index (χ3n) is 5.42. The van der Waals surface area contributed by atoms with Gasteiger partial charge in [-0.05, 0) is 12.8 Å². The van der Waals surface area contributed by atoms with Crippen molar-refractivity contribution in [2.75, 3.05) is 0 Å². The molecule has 0 aromatic heterocycles. The number of carbonyl (C=O) groups excluding carboxylic acids is 1. The highest BCUT2D eigenvalue weighted by molar-refractivity contribution is 5.81. The lowest BCUT2D eigenvalue weighted by Crippen LogP contribution is -2.73. The van der Waals surface area contributed by atoms with Gasteiger partial charge >= 0.3 is 53.9 Å². The molecule has 0 aromatic rings. The average molecular weight is 586 g/mol. The van der Waals surface area contributed by atoms with Crippen LogP contribution in [0.25, 0.3) is 0 Å². The van der Waals surface area contributed by atoms with Gasteiger partial charge in [0.25, 0.3) is 0 Å². The van der Waals surface area contributed by atoms with Crippen molar-refractivity contribution in [1.82, 2.24) is 0 Å². The van der Waals surface area contributed by atoms with Crippen molar-refractivity contribution in [1.29, 1.82) is 0 Å². The first-order valence-corrected chi connectivity index (χ1v) is 9.80. The summed E-state index contributed by atoms with van der Waals surface area (Å²) >= 11 is 0. The van der Waals surface area contributed by atoms with Crippen LogP contribution >= 0.6 is 0 Å².